The first-order chi connectivity index (χ1) is 16.2. The number of benzene rings is 3. The first-order valence-corrected chi connectivity index (χ1v) is 12.7. The third-order valence-electron chi connectivity index (χ3n) is 4.88. The molecule has 3 aromatic carbocycles. The Morgan fingerprint density at radius 2 is 1.74 bits per heavy atom. The van der Waals surface area contributed by atoms with E-state index in [1.54, 1.807) is 25.3 Å². The van der Waals surface area contributed by atoms with Gasteiger partial charge in [0.2, 0.25) is 0 Å². The van der Waals surface area contributed by atoms with Gasteiger partial charge in [0.15, 0.2) is 5.13 Å². The molecule has 2 N–H and O–H groups in total. The largest absolute Gasteiger partial charge is 0.497 e. The molecule has 0 spiro atoms. The van der Waals surface area contributed by atoms with Gasteiger partial charge in [0, 0.05) is 26.7 Å². The van der Waals surface area contributed by atoms with Crippen LogP contribution in [-0.2, 0) is 10.0 Å². The molecule has 7 nitrogen and oxygen atoms in total. The van der Waals surface area contributed by atoms with Gasteiger partial charge in [-0.2, -0.15) is 0 Å². The maximum Gasteiger partial charge on any atom is 0.261 e. The Balaban J connectivity index is 1.50. The Labute approximate surface area is 206 Å². The van der Waals surface area contributed by atoms with Gasteiger partial charge in [0.1, 0.15) is 5.75 Å². The van der Waals surface area contributed by atoms with E-state index in [2.05, 4.69) is 15.0 Å². The number of rotatable bonds is 7. The number of nitrogens with one attached hydrogen (secondary N) is 2. The second-order valence-corrected chi connectivity index (χ2v) is 10.6. The monoisotopic (exact) mass is 513 g/mol. The summed E-state index contributed by atoms with van der Waals surface area (Å²) in [6.45, 7) is 1.93. The zero-order valence-electron chi connectivity index (χ0n) is 18.2. The van der Waals surface area contributed by atoms with Gasteiger partial charge in [-0.05, 0) is 73.7 Å². The quantitative estimate of drug-likeness (QED) is 0.324. The minimum Gasteiger partial charge on any atom is -0.497 e. The number of sulfonamides is 1. The topological polar surface area (TPSA) is 97.4 Å². The van der Waals surface area contributed by atoms with Gasteiger partial charge in [-0.3, -0.25) is 14.8 Å². The van der Waals surface area contributed by atoms with Gasteiger partial charge in [0.25, 0.3) is 15.9 Å². The Hall–Kier alpha value is -3.40. The predicted molar refractivity (Wildman–Crippen MR) is 135 cm³/mol. The molecule has 0 saturated carbocycles. The summed E-state index contributed by atoms with van der Waals surface area (Å²) in [6.07, 6.45) is 0. The minimum atomic E-state index is -3.83. The van der Waals surface area contributed by atoms with E-state index >= 15 is 0 Å². The Morgan fingerprint density at radius 1 is 1.03 bits per heavy atom. The first kappa shape index (κ1) is 23.7. The van der Waals surface area contributed by atoms with Crippen LogP contribution in [0.4, 0.5) is 10.8 Å². The van der Waals surface area contributed by atoms with Crippen LogP contribution in [0.5, 0.6) is 5.75 Å². The maximum atomic E-state index is 12.8. The third-order valence-corrected chi connectivity index (χ3v) is 7.42. The minimum absolute atomic E-state index is 0.0658. The Bertz CT molecular complexity index is 1430. The van der Waals surface area contributed by atoms with Crippen molar-refractivity contribution < 1.29 is 17.9 Å². The lowest BCUT2D eigenvalue weighted by molar-refractivity contribution is 0.102. The molecule has 1 amide bonds. The lowest BCUT2D eigenvalue weighted by Crippen LogP contribution is -2.15. The summed E-state index contributed by atoms with van der Waals surface area (Å²) in [5.74, 6) is 0.347. The number of halogens is 1. The van der Waals surface area contributed by atoms with E-state index in [1.165, 1.54) is 41.7 Å². The van der Waals surface area contributed by atoms with Crippen molar-refractivity contribution in [2.75, 3.05) is 17.1 Å². The van der Waals surface area contributed by atoms with E-state index in [0.29, 0.717) is 10.2 Å². The van der Waals surface area contributed by atoms with Crippen LogP contribution in [0.2, 0.25) is 5.02 Å². The van der Waals surface area contributed by atoms with Crippen molar-refractivity contribution >= 4 is 49.7 Å². The van der Waals surface area contributed by atoms with Crippen LogP contribution in [0.25, 0.3) is 11.3 Å². The highest BCUT2D eigenvalue weighted by molar-refractivity contribution is 7.92. The smallest absolute Gasteiger partial charge is 0.261 e. The second kappa shape index (κ2) is 9.84. The summed E-state index contributed by atoms with van der Waals surface area (Å²) >= 11 is 7.19. The molecule has 0 radical (unpaired) electrons. The van der Waals surface area contributed by atoms with E-state index in [0.717, 1.165) is 21.9 Å². The van der Waals surface area contributed by atoms with Crippen LogP contribution in [0.15, 0.2) is 77.7 Å². The predicted octanol–water partition coefficient (Wildman–Crippen LogP) is 5.83. The van der Waals surface area contributed by atoms with E-state index in [9.17, 15) is 13.2 Å². The van der Waals surface area contributed by atoms with Gasteiger partial charge >= 0.3 is 0 Å². The van der Waals surface area contributed by atoms with Gasteiger partial charge < -0.3 is 4.74 Å². The van der Waals surface area contributed by atoms with Crippen molar-refractivity contribution in [1.29, 1.82) is 0 Å². The van der Waals surface area contributed by atoms with Gasteiger partial charge in [-0.15, -0.1) is 11.3 Å². The number of amides is 1. The number of hydrogen-bond donors (Lipinski definition) is 2. The highest BCUT2D eigenvalue weighted by atomic mass is 35.5. The molecule has 1 heterocycles. The molecule has 0 bridgehead atoms. The average molecular weight is 514 g/mol. The molecule has 0 saturated heterocycles. The highest BCUT2D eigenvalue weighted by Gasteiger charge is 2.17. The van der Waals surface area contributed by atoms with E-state index in [4.69, 9.17) is 16.3 Å². The maximum absolute atomic E-state index is 12.8. The molecule has 0 aliphatic heterocycles. The molecule has 0 unspecified atom stereocenters. The van der Waals surface area contributed by atoms with E-state index in [-0.39, 0.29) is 16.1 Å². The summed E-state index contributed by atoms with van der Waals surface area (Å²) in [6, 6.07) is 19.6. The zero-order valence-corrected chi connectivity index (χ0v) is 20.6. The van der Waals surface area contributed by atoms with Crippen molar-refractivity contribution in [3.63, 3.8) is 0 Å². The van der Waals surface area contributed by atoms with Crippen molar-refractivity contribution in [2.24, 2.45) is 0 Å². The molecule has 0 atom stereocenters. The molecule has 4 aromatic rings. The Morgan fingerprint density at radius 3 is 2.41 bits per heavy atom. The van der Waals surface area contributed by atoms with Crippen LogP contribution in [-0.4, -0.2) is 26.4 Å². The van der Waals surface area contributed by atoms with E-state index < -0.39 is 15.9 Å². The first-order valence-electron chi connectivity index (χ1n) is 10.1. The number of methoxy groups -OCH3 is 1. The van der Waals surface area contributed by atoms with E-state index in [1.807, 2.05) is 31.2 Å². The van der Waals surface area contributed by atoms with Crippen molar-refractivity contribution in [3.05, 3.63) is 88.3 Å². The number of ether oxygens (including phenoxy) is 1. The summed E-state index contributed by atoms with van der Waals surface area (Å²) < 4.78 is 32.9. The average Bonchev–Trinajstić information content (AvgIpc) is 3.19. The summed E-state index contributed by atoms with van der Waals surface area (Å²) in [5.41, 5.74) is 2.23. The molecule has 4 rings (SSSR count). The number of hydrogen-bond acceptors (Lipinski definition) is 6. The van der Waals surface area contributed by atoms with Gasteiger partial charge in [0.05, 0.1) is 17.7 Å². The van der Waals surface area contributed by atoms with Crippen molar-refractivity contribution in [1.82, 2.24) is 4.98 Å². The summed E-state index contributed by atoms with van der Waals surface area (Å²) in [4.78, 5) is 18.4. The SMILES string of the molecule is COc1ccc(-c2nc(NC(=O)c3cccc(NS(=O)(=O)c4ccc(Cl)cc4)c3)sc2C)cc1. The summed E-state index contributed by atoms with van der Waals surface area (Å²) in [5, 5.41) is 3.67. The number of carbonyl (C=O) groups excluding carboxylic acids is 1. The molecular formula is C24H20ClN3O4S2. The Kier molecular flexibility index (Phi) is 6.87. The van der Waals surface area contributed by atoms with Crippen molar-refractivity contribution in [3.8, 4) is 17.0 Å². The third kappa shape index (κ3) is 5.39. The second-order valence-electron chi connectivity index (χ2n) is 7.25. The molecule has 174 valence electrons. The molecule has 0 aliphatic rings. The van der Waals surface area contributed by atoms with Crippen LogP contribution >= 0.6 is 22.9 Å². The fourth-order valence-corrected chi connectivity index (χ4v) is 5.19. The normalized spacial score (nSPS) is 11.1. The zero-order chi connectivity index (χ0) is 24.3. The van der Waals surface area contributed by atoms with Gasteiger partial charge in [-0.1, -0.05) is 17.7 Å². The molecule has 0 fully saturated rings. The number of nitrogens with zero attached hydrogens (tertiary/aromatic N) is 1. The van der Waals surface area contributed by atoms with Crippen LogP contribution in [0, 0.1) is 6.92 Å². The molecule has 1 aromatic heterocycles. The molecule has 0 aliphatic carbocycles. The molecular weight excluding hydrogens is 494 g/mol. The standard InChI is InChI=1S/C24H20ClN3O4S2/c1-15-22(16-6-10-20(32-2)11-7-16)26-24(33-15)27-23(29)17-4-3-5-19(14-17)28-34(30,31)21-12-8-18(25)9-13-21/h3-14,28H,1-2H3,(H,26,27,29). The van der Waals surface area contributed by atoms with Crippen LogP contribution in [0.1, 0.15) is 15.2 Å². The highest BCUT2D eigenvalue weighted by Crippen LogP contribution is 2.31. The number of thiazole rings is 1. The number of carbonyl (C=O) groups is 1. The summed E-state index contributed by atoms with van der Waals surface area (Å²) in [7, 11) is -2.22. The molecule has 34 heavy (non-hydrogen) atoms. The van der Waals surface area contributed by atoms with Gasteiger partial charge in [-0.25, -0.2) is 13.4 Å². The number of aromatic nitrogens is 1. The lowest BCUT2D eigenvalue weighted by Gasteiger charge is -2.09. The van der Waals surface area contributed by atoms with Crippen molar-refractivity contribution in [2.45, 2.75) is 11.8 Å². The fourth-order valence-electron chi connectivity index (χ4n) is 3.19. The van der Waals surface area contributed by atoms with Crippen LogP contribution in [0.3, 0.4) is 0 Å². The fraction of sp³-hybridized carbons (Fsp3) is 0.0833. The number of anilines is 2. The van der Waals surface area contributed by atoms with Crippen LogP contribution < -0.4 is 14.8 Å². The molecule has 10 heteroatoms. The number of aryl methyl sites for hydroxylation is 1. The lowest BCUT2D eigenvalue weighted by atomic mass is 10.1.